The molecule has 128 valence electrons. The number of rotatable bonds is 3. The average molecular weight is 339 g/mol. The first-order valence-electron chi connectivity index (χ1n) is 8.32. The molecular weight excluding hydrogens is 314 g/mol. The van der Waals surface area contributed by atoms with Crippen molar-refractivity contribution in [2.45, 2.75) is 43.9 Å². The Labute approximate surface area is 141 Å². The van der Waals surface area contributed by atoms with Crippen LogP contribution in [-0.4, -0.2) is 77.3 Å². The first kappa shape index (κ1) is 16.8. The largest absolute Gasteiger partial charge is 0.391 e. The van der Waals surface area contributed by atoms with Gasteiger partial charge in [-0.25, -0.2) is 4.98 Å². The van der Waals surface area contributed by atoms with Crippen LogP contribution < -0.4 is 0 Å². The lowest BCUT2D eigenvalue weighted by atomic mass is 9.99. The van der Waals surface area contributed by atoms with E-state index in [9.17, 15) is 9.90 Å². The lowest BCUT2D eigenvalue weighted by molar-refractivity contribution is -0.00758. The molecule has 0 radical (unpaired) electrons. The number of hydrogen-bond acceptors (Lipinski definition) is 6. The van der Waals surface area contributed by atoms with Gasteiger partial charge in [-0.2, -0.15) is 0 Å². The van der Waals surface area contributed by atoms with Crippen molar-refractivity contribution < 1.29 is 14.6 Å². The molecule has 7 heteroatoms. The number of aromatic nitrogens is 1. The monoisotopic (exact) mass is 339 g/mol. The second kappa shape index (κ2) is 7.70. The van der Waals surface area contributed by atoms with Gasteiger partial charge in [-0.3, -0.25) is 9.69 Å². The van der Waals surface area contributed by atoms with Crippen molar-refractivity contribution in [1.82, 2.24) is 14.8 Å². The van der Waals surface area contributed by atoms with Crippen molar-refractivity contribution in [3.63, 3.8) is 0 Å². The van der Waals surface area contributed by atoms with Crippen LogP contribution in [0.4, 0.5) is 0 Å². The van der Waals surface area contributed by atoms with E-state index >= 15 is 0 Å². The minimum absolute atomic E-state index is 0.0205. The standard InChI is InChI=1S/C16H25N3O3S/c1-18(12-4-8-22-9-5-12)14-2-6-19(7-3-15(14)20)16(21)13-10-23-11-17-13/h10-12,14-15,20H,2-9H2,1H3/t14-,15-/m0/s1. The first-order chi connectivity index (χ1) is 11.2. The van der Waals surface area contributed by atoms with Crippen molar-refractivity contribution in [2.75, 3.05) is 33.4 Å². The molecular formula is C16H25N3O3S. The van der Waals surface area contributed by atoms with Crippen LogP contribution in [0.1, 0.15) is 36.2 Å². The highest BCUT2D eigenvalue weighted by Crippen LogP contribution is 2.23. The van der Waals surface area contributed by atoms with Gasteiger partial charge < -0.3 is 14.7 Å². The van der Waals surface area contributed by atoms with E-state index in [2.05, 4.69) is 16.9 Å². The van der Waals surface area contributed by atoms with Gasteiger partial charge in [0.25, 0.3) is 5.91 Å². The molecule has 0 spiro atoms. The third kappa shape index (κ3) is 3.91. The van der Waals surface area contributed by atoms with Crippen LogP contribution in [0.25, 0.3) is 0 Å². The summed E-state index contributed by atoms with van der Waals surface area (Å²) >= 11 is 1.43. The zero-order chi connectivity index (χ0) is 16.2. The smallest absolute Gasteiger partial charge is 0.273 e. The third-order valence-electron chi connectivity index (χ3n) is 5.06. The fourth-order valence-electron chi connectivity index (χ4n) is 3.59. The highest BCUT2D eigenvalue weighted by atomic mass is 32.1. The maximum Gasteiger partial charge on any atom is 0.273 e. The Balaban J connectivity index is 1.62. The Bertz CT molecular complexity index is 505. The van der Waals surface area contributed by atoms with Gasteiger partial charge in [-0.15, -0.1) is 11.3 Å². The summed E-state index contributed by atoms with van der Waals surface area (Å²) in [5, 5.41) is 12.3. The number of amides is 1. The second-order valence-electron chi connectivity index (χ2n) is 6.39. The van der Waals surface area contributed by atoms with Crippen molar-refractivity contribution in [2.24, 2.45) is 0 Å². The van der Waals surface area contributed by atoms with Gasteiger partial charge in [0.15, 0.2) is 0 Å². The number of likely N-dealkylation sites (tertiary alicyclic amines) is 1. The summed E-state index contributed by atoms with van der Waals surface area (Å²) in [4.78, 5) is 20.7. The molecule has 0 unspecified atom stereocenters. The number of aliphatic hydroxyl groups excluding tert-OH is 1. The van der Waals surface area contributed by atoms with Gasteiger partial charge in [0.2, 0.25) is 0 Å². The molecule has 2 atom stereocenters. The summed E-state index contributed by atoms with van der Waals surface area (Å²) < 4.78 is 5.43. The minimum Gasteiger partial charge on any atom is -0.391 e. The van der Waals surface area contributed by atoms with Crippen LogP contribution in [0.3, 0.4) is 0 Å². The van der Waals surface area contributed by atoms with Gasteiger partial charge in [-0.05, 0) is 32.7 Å². The first-order valence-corrected chi connectivity index (χ1v) is 9.26. The van der Waals surface area contributed by atoms with Crippen LogP contribution in [0, 0.1) is 0 Å². The van der Waals surface area contributed by atoms with E-state index in [1.54, 1.807) is 10.9 Å². The number of thiazole rings is 1. The fourth-order valence-corrected chi connectivity index (χ4v) is 4.12. The highest BCUT2D eigenvalue weighted by Gasteiger charge is 2.33. The van der Waals surface area contributed by atoms with Crippen molar-refractivity contribution in [3.8, 4) is 0 Å². The van der Waals surface area contributed by atoms with Crippen LogP contribution >= 0.6 is 11.3 Å². The number of carbonyl (C=O) groups excluding carboxylic acids is 1. The zero-order valence-corrected chi connectivity index (χ0v) is 14.4. The normalized spacial score (nSPS) is 27.2. The predicted molar refractivity (Wildman–Crippen MR) is 88.7 cm³/mol. The molecule has 1 amide bonds. The van der Waals surface area contributed by atoms with E-state index in [0.29, 0.717) is 31.2 Å². The van der Waals surface area contributed by atoms with Crippen LogP contribution in [-0.2, 0) is 4.74 Å². The molecule has 0 bridgehead atoms. The van der Waals surface area contributed by atoms with E-state index in [4.69, 9.17) is 4.74 Å². The SMILES string of the molecule is CN(C1CCOCC1)[C@H]1CCN(C(=O)c2cscn2)CC[C@@H]1O. The summed E-state index contributed by atoms with van der Waals surface area (Å²) in [6, 6.07) is 0.565. The summed E-state index contributed by atoms with van der Waals surface area (Å²) in [5.41, 5.74) is 2.20. The summed E-state index contributed by atoms with van der Waals surface area (Å²) in [6.45, 7) is 2.86. The Hall–Kier alpha value is -1.02. The van der Waals surface area contributed by atoms with Gasteiger partial charge in [0.1, 0.15) is 5.69 Å². The Morgan fingerprint density at radius 3 is 2.78 bits per heavy atom. The van der Waals surface area contributed by atoms with Crippen molar-refractivity contribution >= 4 is 17.2 Å². The number of likely N-dealkylation sites (N-methyl/N-ethyl adjacent to an activating group) is 1. The van der Waals surface area contributed by atoms with E-state index < -0.39 is 6.10 Å². The molecule has 23 heavy (non-hydrogen) atoms. The average Bonchev–Trinajstić information content (AvgIpc) is 3.05. The maximum absolute atomic E-state index is 12.5. The molecule has 1 N–H and O–H groups in total. The van der Waals surface area contributed by atoms with Crippen LogP contribution in [0.15, 0.2) is 10.9 Å². The van der Waals surface area contributed by atoms with Crippen molar-refractivity contribution in [3.05, 3.63) is 16.6 Å². The van der Waals surface area contributed by atoms with E-state index in [-0.39, 0.29) is 11.9 Å². The third-order valence-corrected chi connectivity index (χ3v) is 5.65. The summed E-state index contributed by atoms with van der Waals surface area (Å²) in [5.74, 6) is -0.0205. The topological polar surface area (TPSA) is 65.9 Å². The number of carbonyl (C=O) groups is 1. The van der Waals surface area contributed by atoms with E-state index in [1.165, 1.54) is 11.3 Å². The quantitative estimate of drug-likeness (QED) is 0.897. The number of aliphatic hydroxyl groups is 1. The predicted octanol–water partition coefficient (Wildman–Crippen LogP) is 1.22. The second-order valence-corrected chi connectivity index (χ2v) is 7.11. The number of hydrogen-bond donors (Lipinski definition) is 1. The molecule has 1 aromatic rings. The fraction of sp³-hybridized carbons (Fsp3) is 0.750. The number of ether oxygens (including phenoxy) is 1. The molecule has 0 saturated carbocycles. The summed E-state index contributed by atoms with van der Waals surface area (Å²) in [7, 11) is 2.10. The van der Waals surface area contributed by atoms with Gasteiger partial charge in [0, 0.05) is 43.8 Å². The molecule has 6 nitrogen and oxygen atoms in total. The Morgan fingerprint density at radius 1 is 1.35 bits per heavy atom. The summed E-state index contributed by atoms with van der Waals surface area (Å²) in [6.07, 6.45) is 3.05. The molecule has 3 rings (SSSR count). The van der Waals surface area contributed by atoms with Crippen LogP contribution in [0.5, 0.6) is 0 Å². The molecule has 2 fully saturated rings. The molecule has 2 aliphatic rings. The Morgan fingerprint density at radius 2 is 2.09 bits per heavy atom. The lowest BCUT2D eigenvalue weighted by Gasteiger charge is -2.38. The minimum atomic E-state index is -0.393. The highest BCUT2D eigenvalue weighted by molar-refractivity contribution is 7.07. The molecule has 3 heterocycles. The molecule has 2 saturated heterocycles. The van der Waals surface area contributed by atoms with Crippen molar-refractivity contribution in [1.29, 1.82) is 0 Å². The van der Waals surface area contributed by atoms with E-state index in [1.807, 2.05) is 4.90 Å². The number of nitrogens with zero attached hydrogens (tertiary/aromatic N) is 3. The van der Waals surface area contributed by atoms with Gasteiger partial charge >= 0.3 is 0 Å². The van der Waals surface area contributed by atoms with Gasteiger partial charge in [-0.1, -0.05) is 0 Å². The van der Waals surface area contributed by atoms with Gasteiger partial charge in [0.05, 0.1) is 11.6 Å². The Kier molecular flexibility index (Phi) is 5.63. The molecule has 0 aromatic carbocycles. The van der Waals surface area contributed by atoms with Crippen LogP contribution in [0.2, 0.25) is 0 Å². The lowest BCUT2D eigenvalue weighted by Crippen LogP contribution is -2.48. The molecule has 0 aliphatic carbocycles. The molecule has 2 aliphatic heterocycles. The molecule has 1 aromatic heterocycles. The zero-order valence-electron chi connectivity index (χ0n) is 13.6. The maximum atomic E-state index is 12.5. The van der Waals surface area contributed by atoms with E-state index in [0.717, 1.165) is 32.5 Å².